The molecule has 0 saturated heterocycles. The summed E-state index contributed by atoms with van der Waals surface area (Å²) in [5, 5.41) is 1.11. The molecule has 0 fully saturated rings. The van der Waals surface area contributed by atoms with Crippen molar-refractivity contribution in [2.45, 2.75) is 6.61 Å². The SMILES string of the molecule is Nc1nccc(-n2ccc3ccc(OCc4ccccc4)cc32)n1. The smallest absolute Gasteiger partial charge is 0.221 e. The maximum absolute atomic E-state index is 5.91. The number of nitrogens with zero attached hydrogens (tertiary/aromatic N) is 3. The fourth-order valence-electron chi connectivity index (χ4n) is 2.64. The zero-order chi connectivity index (χ0) is 16.4. The Balaban J connectivity index is 1.66. The van der Waals surface area contributed by atoms with Gasteiger partial charge < -0.3 is 15.0 Å². The number of rotatable bonds is 4. The molecule has 2 aromatic carbocycles. The highest BCUT2D eigenvalue weighted by Gasteiger charge is 2.07. The Morgan fingerprint density at radius 1 is 1.00 bits per heavy atom. The Morgan fingerprint density at radius 2 is 1.88 bits per heavy atom. The van der Waals surface area contributed by atoms with Gasteiger partial charge in [0.1, 0.15) is 18.2 Å². The molecule has 2 N–H and O–H groups in total. The summed E-state index contributed by atoms with van der Waals surface area (Å²) in [7, 11) is 0. The molecule has 0 spiro atoms. The standard InChI is InChI=1S/C19H16N4O/c20-19-21-10-8-18(22-19)23-11-9-15-6-7-16(12-17(15)23)24-13-14-4-2-1-3-5-14/h1-12H,13H2,(H2,20,21,22). The number of anilines is 1. The maximum atomic E-state index is 5.91. The third kappa shape index (κ3) is 2.79. The van der Waals surface area contributed by atoms with E-state index in [2.05, 4.69) is 9.97 Å². The summed E-state index contributed by atoms with van der Waals surface area (Å²) < 4.78 is 7.89. The zero-order valence-corrected chi connectivity index (χ0v) is 13.0. The minimum atomic E-state index is 0.255. The van der Waals surface area contributed by atoms with Gasteiger partial charge >= 0.3 is 0 Å². The number of nitrogen functional groups attached to an aromatic ring is 1. The predicted molar refractivity (Wildman–Crippen MR) is 94.1 cm³/mol. The molecule has 4 rings (SSSR count). The quantitative estimate of drug-likeness (QED) is 0.625. The summed E-state index contributed by atoms with van der Waals surface area (Å²) in [6, 6.07) is 20.0. The highest BCUT2D eigenvalue weighted by atomic mass is 16.5. The van der Waals surface area contributed by atoms with Gasteiger partial charge in [-0.2, -0.15) is 4.98 Å². The first-order valence-corrected chi connectivity index (χ1v) is 7.66. The zero-order valence-electron chi connectivity index (χ0n) is 13.0. The second-order valence-corrected chi connectivity index (χ2v) is 5.45. The highest BCUT2D eigenvalue weighted by Crippen LogP contribution is 2.25. The Labute approximate surface area is 139 Å². The molecule has 5 nitrogen and oxygen atoms in total. The van der Waals surface area contributed by atoms with Crippen LogP contribution in [0.25, 0.3) is 16.7 Å². The van der Waals surface area contributed by atoms with Gasteiger partial charge in [-0.1, -0.05) is 30.3 Å². The maximum Gasteiger partial charge on any atom is 0.221 e. The lowest BCUT2D eigenvalue weighted by Crippen LogP contribution is -2.01. The van der Waals surface area contributed by atoms with E-state index in [0.717, 1.165) is 28.0 Å². The van der Waals surface area contributed by atoms with E-state index in [4.69, 9.17) is 10.5 Å². The molecule has 0 atom stereocenters. The molecule has 0 radical (unpaired) electrons. The molecule has 2 heterocycles. The largest absolute Gasteiger partial charge is 0.489 e. The van der Waals surface area contributed by atoms with Gasteiger partial charge in [0.05, 0.1) is 5.52 Å². The van der Waals surface area contributed by atoms with Gasteiger partial charge in [-0.25, -0.2) is 4.98 Å². The van der Waals surface area contributed by atoms with Crippen LogP contribution >= 0.6 is 0 Å². The number of nitrogens with two attached hydrogens (primary N) is 1. The van der Waals surface area contributed by atoms with E-state index in [9.17, 15) is 0 Å². The van der Waals surface area contributed by atoms with Crippen LogP contribution in [-0.4, -0.2) is 14.5 Å². The fraction of sp³-hybridized carbons (Fsp3) is 0.0526. The summed E-state index contributed by atoms with van der Waals surface area (Å²) in [6.07, 6.45) is 3.62. The molecule has 0 bridgehead atoms. The van der Waals surface area contributed by atoms with Crippen LogP contribution in [-0.2, 0) is 6.61 Å². The van der Waals surface area contributed by atoms with Gasteiger partial charge in [0.2, 0.25) is 5.95 Å². The van der Waals surface area contributed by atoms with Crippen LogP contribution in [0.2, 0.25) is 0 Å². The third-order valence-electron chi connectivity index (χ3n) is 3.82. The molecule has 2 aromatic heterocycles. The number of hydrogen-bond acceptors (Lipinski definition) is 4. The van der Waals surface area contributed by atoms with Crippen molar-refractivity contribution >= 4 is 16.9 Å². The Morgan fingerprint density at radius 3 is 2.71 bits per heavy atom. The molecule has 0 aliphatic heterocycles. The Hall–Kier alpha value is -3.34. The van der Waals surface area contributed by atoms with Crippen molar-refractivity contribution in [1.29, 1.82) is 0 Å². The van der Waals surface area contributed by atoms with Crippen LogP contribution in [0.4, 0.5) is 5.95 Å². The van der Waals surface area contributed by atoms with Crippen LogP contribution < -0.4 is 10.5 Å². The highest BCUT2D eigenvalue weighted by molar-refractivity contribution is 5.83. The lowest BCUT2D eigenvalue weighted by molar-refractivity contribution is 0.306. The molecule has 4 aromatic rings. The Kier molecular flexibility index (Phi) is 3.59. The number of hydrogen-bond donors (Lipinski definition) is 1. The van der Waals surface area contributed by atoms with E-state index in [0.29, 0.717) is 6.61 Å². The van der Waals surface area contributed by atoms with E-state index in [1.54, 1.807) is 6.20 Å². The van der Waals surface area contributed by atoms with Gasteiger partial charge in [-0.15, -0.1) is 0 Å². The van der Waals surface area contributed by atoms with Crippen molar-refractivity contribution in [2.75, 3.05) is 5.73 Å². The average Bonchev–Trinajstić information content (AvgIpc) is 3.04. The Bertz CT molecular complexity index is 979. The van der Waals surface area contributed by atoms with Crippen LogP contribution in [0.15, 0.2) is 73.1 Å². The first-order chi connectivity index (χ1) is 11.8. The second-order valence-electron chi connectivity index (χ2n) is 5.45. The fourth-order valence-corrected chi connectivity index (χ4v) is 2.64. The monoisotopic (exact) mass is 316 g/mol. The van der Waals surface area contributed by atoms with Crippen molar-refractivity contribution in [1.82, 2.24) is 14.5 Å². The van der Waals surface area contributed by atoms with Crippen LogP contribution in [0.1, 0.15) is 5.56 Å². The molecule has 0 unspecified atom stereocenters. The summed E-state index contributed by atoms with van der Waals surface area (Å²) in [5.74, 6) is 1.80. The third-order valence-corrected chi connectivity index (χ3v) is 3.82. The van der Waals surface area contributed by atoms with E-state index < -0.39 is 0 Å². The van der Waals surface area contributed by atoms with Gasteiger partial charge in [0.15, 0.2) is 0 Å². The average molecular weight is 316 g/mol. The first kappa shape index (κ1) is 14.3. The van der Waals surface area contributed by atoms with Crippen molar-refractivity contribution < 1.29 is 4.74 Å². The molecule has 5 heteroatoms. The molecule has 118 valence electrons. The topological polar surface area (TPSA) is 66.0 Å². The number of ether oxygens (including phenoxy) is 1. The van der Waals surface area contributed by atoms with Gasteiger partial charge in [-0.05, 0) is 29.8 Å². The molecule has 24 heavy (non-hydrogen) atoms. The normalized spacial score (nSPS) is 10.8. The molecule has 0 amide bonds. The number of fused-ring (bicyclic) bond motifs is 1. The second kappa shape index (κ2) is 6.04. The van der Waals surface area contributed by atoms with Crippen molar-refractivity contribution in [3.05, 3.63) is 78.6 Å². The predicted octanol–water partition coefficient (Wildman–Crippen LogP) is 3.58. The van der Waals surface area contributed by atoms with Gasteiger partial charge in [0, 0.05) is 23.8 Å². The lowest BCUT2D eigenvalue weighted by Gasteiger charge is -2.08. The summed E-state index contributed by atoms with van der Waals surface area (Å²) >= 11 is 0. The molecular weight excluding hydrogens is 300 g/mol. The molecular formula is C19H16N4O. The van der Waals surface area contributed by atoms with Crippen LogP contribution in [0.3, 0.4) is 0 Å². The summed E-state index contributed by atoms with van der Waals surface area (Å²) in [5.41, 5.74) is 7.84. The van der Waals surface area contributed by atoms with Gasteiger partial charge in [-0.3, -0.25) is 0 Å². The molecule has 0 saturated carbocycles. The summed E-state index contributed by atoms with van der Waals surface area (Å²) in [4.78, 5) is 8.22. The lowest BCUT2D eigenvalue weighted by atomic mass is 10.2. The first-order valence-electron chi connectivity index (χ1n) is 7.66. The van der Waals surface area contributed by atoms with Crippen LogP contribution in [0, 0.1) is 0 Å². The van der Waals surface area contributed by atoms with Crippen molar-refractivity contribution in [2.24, 2.45) is 0 Å². The number of aromatic nitrogens is 3. The van der Waals surface area contributed by atoms with Gasteiger partial charge in [0.25, 0.3) is 0 Å². The van der Waals surface area contributed by atoms with Crippen molar-refractivity contribution in [3.63, 3.8) is 0 Å². The van der Waals surface area contributed by atoms with Crippen molar-refractivity contribution in [3.8, 4) is 11.6 Å². The van der Waals surface area contributed by atoms with E-state index >= 15 is 0 Å². The van der Waals surface area contributed by atoms with E-state index in [1.165, 1.54) is 0 Å². The van der Waals surface area contributed by atoms with E-state index in [1.807, 2.05) is 71.4 Å². The summed E-state index contributed by atoms with van der Waals surface area (Å²) in [6.45, 7) is 0.535. The molecule has 0 aliphatic rings. The van der Waals surface area contributed by atoms with E-state index in [-0.39, 0.29) is 5.95 Å². The minimum Gasteiger partial charge on any atom is -0.489 e. The van der Waals surface area contributed by atoms with Crippen LogP contribution in [0.5, 0.6) is 5.75 Å². The molecule has 0 aliphatic carbocycles. The number of benzene rings is 2. The minimum absolute atomic E-state index is 0.255.